The van der Waals surface area contributed by atoms with E-state index in [1.165, 1.54) is 31.8 Å². The van der Waals surface area contributed by atoms with Crippen LogP contribution in [-0.4, -0.2) is 20.2 Å². The van der Waals surface area contributed by atoms with Crippen molar-refractivity contribution in [2.45, 2.75) is 0 Å². The molecule has 0 atom stereocenters. The second-order valence-electron chi connectivity index (χ2n) is 2.24. The number of esters is 1. The van der Waals surface area contributed by atoms with Crippen LogP contribution in [-0.2, 0) is 14.3 Å². The standard InChI is InChI=1S/C9H10O3S/c1-11-6-7(9(10)12-2)8-4-3-5-13-8/h3-6H,1-2H3/b7-6-. The highest BCUT2D eigenvalue weighted by Gasteiger charge is 2.13. The first kappa shape index (κ1) is 9.80. The van der Waals surface area contributed by atoms with Crippen molar-refractivity contribution < 1.29 is 14.3 Å². The molecule has 13 heavy (non-hydrogen) atoms. The first-order chi connectivity index (χ1) is 6.29. The zero-order chi connectivity index (χ0) is 9.68. The van der Waals surface area contributed by atoms with Gasteiger partial charge in [-0.1, -0.05) is 6.07 Å². The van der Waals surface area contributed by atoms with Crippen molar-refractivity contribution in [1.82, 2.24) is 0 Å². The zero-order valence-corrected chi connectivity index (χ0v) is 8.26. The molecular formula is C9H10O3S. The molecule has 0 fully saturated rings. The Hall–Kier alpha value is -1.29. The molecule has 70 valence electrons. The van der Waals surface area contributed by atoms with Gasteiger partial charge in [-0.25, -0.2) is 4.79 Å². The van der Waals surface area contributed by atoms with Crippen LogP contribution >= 0.6 is 11.3 Å². The number of carbonyl (C=O) groups excluding carboxylic acids is 1. The lowest BCUT2D eigenvalue weighted by Crippen LogP contribution is -2.02. The normalized spacial score (nSPS) is 11.1. The fourth-order valence-electron chi connectivity index (χ4n) is 0.866. The average molecular weight is 198 g/mol. The molecule has 1 aromatic heterocycles. The number of methoxy groups -OCH3 is 2. The van der Waals surface area contributed by atoms with Crippen molar-refractivity contribution in [3.63, 3.8) is 0 Å². The van der Waals surface area contributed by atoms with Gasteiger partial charge in [0.25, 0.3) is 0 Å². The minimum absolute atomic E-state index is 0.385. The summed E-state index contributed by atoms with van der Waals surface area (Å²) in [4.78, 5) is 12.1. The van der Waals surface area contributed by atoms with E-state index in [1.54, 1.807) is 0 Å². The lowest BCUT2D eigenvalue weighted by molar-refractivity contribution is -0.133. The molecule has 0 radical (unpaired) electrons. The first-order valence-corrected chi connectivity index (χ1v) is 4.52. The van der Waals surface area contributed by atoms with E-state index in [9.17, 15) is 4.79 Å². The summed E-state index contributed by atoms with van der Waals surface area (Å²) >= 11 is 1.47. The molecule has 3 nitrogen and oxygen atoms in total. The smallest absolute Gasteiger partial charge is 0.342 e. The van der Waals surface area contributed by atoms with E-state index in [1.807, 2.05) is 17.5 Å². The summed E-state index contributed by atoms with van der Waals surface area (Å²) in [5.41, 5.74) is 0.444. The van der Waals surface area contributed by atoms with Crippen LogP contribution in [0.5, 0.6) is 0 Å². The number of rotatable bonds is 3. The molecule has 0 bridgehead atoms. The molecule has 1 aromatic rings. The summed E-state index contributed by atoms with van der Waals surface area (Å²) in [6.07, 6.45) is 1.39. The predicted molar refractivity (Wildman–Crippen MR) is 51.3 cm³/mol. The molecular weight excluding hydrogens is 188 g/mol. The summed E-state index contributed by atoms with van der Waals surface area (Å²) < 4.78 is 9.40. The Morgan fingerprint density at radius 1 is 1.54 bits per heavy atom. The lowest BCUT2D eigenvalue weighted by atomic mass is 10.2. The maximum Gasteiger partial charge on any atom is 0.342 e. The van der Waals surface area contributed by atoms with Crippen LogP contribution in [0.4, 0.5) is 0 Å². The monoisotopic (exact) mass is 198 g/mol. The number of carbonyl (C=O) groups is 1. The number of hydrogen-bond donors (Lipinski definition) is 0. The SMILES string of the molecule is CO/C=C(\C(=O)OC)c1cccs1. The fourth-order valence-corrected chi connectivity index (χ4v) is 1.59. The number of thiophene rings is 1. The van der Waals surface area contributed by atoms with Crippen LogP contribution in [0.2, 0.25) is 0 Å². The van der Waals surface area contributed by atoms with Crippen molar-refractivity contribution >= 4 is 22.9 Å². The number of ether oxygens (including phenoxy) is 2. The van der Waals surface area contributed by atoms with Gasteiger partial charge in [0.2, 0.25) is 0 Å². The molecule has 0 aliphatic heterocycles. The summed E-state index contributed by atoms with van der Waals surface area (Å²) in [5.74, 6) is -0.385. The van der Waals surface area contributed by atoms with E-state index >= 15 is 0 Å². The van der Waals surface area contributed by atoms with E-state index in [-0.39, 0.29) is 5.97 Å². The second-order valence-corrected chi connectivity index (χ2v) is 3.18. The predicted octanol–water partition coefficient (Wildman–Crippen LogP) is 1.91. The highest BCUT2D eigenvalue weighted by molar-refractivity contribution is 7.11. The molecule has 0 saturated heterocycles. The van der Waals surface area contributed by atoms with E-state index in [4.69, 9.17) is 4.74 Å². The van der Waals surface area contributed by atoms with Crippen molar-refractivity contribution in [3.05, 3.63) is 28.7 Å². The van der Waals surface area contributed by atoms with Crippen molar-refractivity contribution in [1.29, 1.82) is 0 Å². The van der Waals surface area contributed by atoms with Crippen LogP contribution in [0.25, 0.3) is 5.57 Å². The molecule has 0 amide bonds. The van der Waals surface area contributed by atoms with E-state index in [0.29, 0.717) is 5.57 Å². The summed E-state index contributed by atoms with van der Waals surface area (Å²) in [5, 5.41) is 1.89. The third-order valence-corrected chi connectivity index (χ3v) is 2.33. The van der Waals surface area contributed by atoms with E-state index < -0.39 is 0 Å². The first-order valence-electron chi connectivity index (χ1n) is 3.64. The van der Waals surface area contributed by atoms with Gasteiger partial charge in [0.1, 0.15) is 5.57 Å². The Kier molecular flexibility index (Phi) is 3.52. The van der Waals surface area contributed by atoms with Gasteiger partial charge in [-0.15, -0.1) is 11.3 Å². The highest BCUT2D eigenvalue weighted by Crippen LogP contribution is 2.21. The van der Waals surface area contributed by atoms with Crippen LogP contribution in [0, 0.1) is 0 Å². The van der Waals surface area contributed by atoms with Gasteiger partial charge in [0.05, 0.1) is 20.5 Å². The molecule has 0 aliphatic carbocycles. The second kappa shape index (κ2) is 4.67. The van der Waals surface area contributed by atoms with Gasteiger partial charge < -0.3 is 9.47 Å². The van der Waals surface area contributed by atoms with Crippen molar-refractivity contribution in [2.24, 2.45) is 0 Å². The highest BCUT2D eigenvalue weighted by atomic mass is 32.1. The van der Waals surface area contributed by atoms with Crippen LogP contribution in [0.3, 0.4) is 0 Å². The summed E-state index contributed by atoms with van der Waals surface area (Å²) in [6.45, 7) is 0. The van der Waals surface area contributed by atoms with Gasteiger partial charge in [0, 0.05) is 4.88 Å². The molecule has 0 saturated carbocycles. The van der Waals surface area contributed by atoms with E-state index in [0.717, 1.165) is 4.88 Å². The average Bonchev–Trinajstić information content (AvgIpc) is 2.65. The third kappa shape index (κ3) is 2.32. The largest absolute Gasteiger partial charge is 0.503 e. The van der Waals surface area contributed by atoms with Crippen LogP contribution < -0.4 is 0 Å². The Labute approximate surface area is 80.6 Å². The Bertz CT molecular complexity index is 301. The van der Waals surface area contributed by atoms with Gasteiger partial charge in [-0.2, -0.15) is 0 Å². The van der Waals surface area contributed by atoms with Crippen molar-refractivity contribution in [3.8, 4) is 0 Å². The quantitative estimate of drug-likeness (QED) is 0.423. The topological polar surface area (TPSA) is 35.5 Å². The number of hydrogen-bond acceptors (Lipinski definition) is 4. The maximum atomic E-state index is 11.2. The van der Waals surface area contributed by atoms with Crippen LogP contribution in [0.15, 0.2) is 23.8 Å². The molecule has 1 heterocycles. The summed E-state index contributed by atoms with van der Waals surface area (Å²) in [7, 11) is 2.84. The Morgan fingerprint density at radius 2 is 2.31 bits per heavy atom. The van der Waals surface area contributed by atoms with Gasteiger partial charge in [-0.05, 0) is 11.4 Å². The fraction of sp³-hybridized carbons (Fsp3) is 0.222. The Morgan fingerprint density at radius 3 is 2.77 bits per heavy atom. The minimum atomic E-state index is -0.385. The van der Waals surface area contributed by atoms with Gasteiger partial charge in [0.15, 0.2) is 0 Å². The van der Waals surface area contributed by atoms with Crippen LogP contribution in [0.1, 0.15) is 4.88 Å². The third-order valence-electron chi connectivity index (χ3n) is 1.43. The van der Waals surface area contributed by atoms with Gasteiger partial charge in [-0.3, -0.25) is 0 Å². The molecule has 0 N–H and O–H groups in total. The zero-order valence-electron chi connectivity index (χ0n) is 7.44. The minimum Gasteiger partial charge on any atom is -0.503 e. The molecule has 0 aliphatic rings. The molecule has 0 unspecified atom stereocenters. The molecule has 4 heteroatoms. The van der Waals surface area contributed by atoms with E-state index in [2.05, 4.69) is 4.74 Å². The maximum absolute atomic E-state index is 11.2. The lowest BCUT2D eigenvalue weighted by Gasteiger charge is -2.01. The van der Waals surface area contributed by atoms with Crippen molar-refractivity contribution in [2.75, 3.05) is 14.2 Å². The molecule has 1 rings (SSSR count). The molecule has 0 spiro atoms. The Balaban J connectivity index is 2.94. The molecule has 0 aromatic carbocycles. The van der Waals surface area contributed by atoms with Gasteiger partial charge >= 0.3 is 5.97 Å². The summed E-state index contributed by atoms with van der Waals surface area (Å²) in [6, 6.07) is 3.71.